The smallest absolute Gasteiger partial charge is 0.243 e. The Morgan fingerprint density at radius 1 is 1.03 bits per heavy atom. The first-order valence-electron chi connectivity index (χ1n) is 11.9. The number of rotatable bonds is 8. The van der Waals surface area contributed by atoms with Crippen molar-refractivity contribution in [2.75, 3.05) is 0 Å². The van der Waals surface area contributed by atoms with Gasteiger partial charge < -0.3 is 10.2 Å². The van der Waals surface area contributed by atoms with Crippen molar-refractivity contribution in [2.24, 2.45) is 0 Å². The molecule has 1 aliphatic carbocycles. The fraction of sp³-hybridized carbons (Fsp3) is 0.481. The molecule has 1 unspecified atom stereocenters. The first kappa shape index (κ1) is 25.6. The summed E-state index contributed by atoms with van der Waals surface area (Å²) in [5.41, 5.74) is 4.06. The van der Waals surface area contributed by atoms with Gasteiger partial charge in [0.2, 0.25) is 11.8 Å². The van der Waals surface area contributed by atoms with Crippen LogP contribution in [-0.2, 0) is 22.6 Å². The minimum absolute atomic E-state index is 0.0806. The van der Waals surface area contributed by atoms with Gasteiger partial charge in [0, 0.05) is 22.6 Å². The first-order chi connectivity index (χ1) is 15.8. The van der Waals surface area contributed by atoms with Gasteiger partial charge in [-0.2, -0.15) is 0 Å². The van der Waals surface area contributed by atoms with Gasteiger partial charge in [-0.25, -0.2) is 0 Å². The van der Waals surface area contributed by atoms with Crippen molar-refractivity contribution in [1.82, 2.24) is 10.2 Å². The average molecular weight is 489 g/mol. The summed E-state index contributed by atoms with van der Waals surface area (Å²) in [6.07, 6.45) is 6.26. The van der Waals surface area contributed by atoms with E-state index in [1.807, 2.05) is 38.1 Å². The molecule has 3 rings (SSSR count). The van der Waals surface area contributed by atoms with Gasteiger partial charge >= 0.3 is 0 Å². The molecule has 0 spiro atoms. The fourth-order valence-corrected chi connectivity index (χ4v) is 4.96. The zero-order valence-electron chi connectivity index (χ0n) is 19.8. The largest absolute Gasteiger partial charge is 0.352 e. The maximum Gasteiger partial charge on any atom is 0.243 e. The van der Waals surface area contributed by atoms with Crippen molar-refractivity contribution in [1.29, 1.82) is 0 Å². The second-order valence-electron chi connectivity index (χ2n) is 9.12. The third kappa shape index (κ3) is 6.97. The molecule has 2 aromatic rings. The van der Waals surface area contributed by atoms with Crippen LogP contribution in [0.2, 0.25) is 10.0 Å². The van der Waals surface area contributed by atoms with Crippen LogP contribution in [0.15, 0.2) is 36.4 Å². The Bertz CT molecular complexity index is 986. The number of nitrogens with zero attached hydrogens (tertiary/aromatic N) is 1. The monoisotopic (exact) mass is 488 g/mol. The molecule has 4 nitrogen and oxygen atoms in total. The van der Waals surface area contributed by atoms with Gasteiger partial charge in [0.05, 0.1) is 6.42 Å². The minimum atomic E-state index is -0.558. The zero-order chi connectivity index (χ0) is 24.0. The van der Waals surface area contributed by atoms with Crippen LogP contribution in [0.4, 0.5) is 0 Å². The summed E-state index contributed by atoms with van der Waals surface area (Å²) in [5, 5.41) is 4.24. The molecule has 0 bridgehead atoms. The molecule has 2 aromatic carbocycles. The Hall–Kier alpha value is -2.04. The normalized spacial score (nSPS) is 15.2. The zero-order valence-corrected chi connectivity index (χ0v) is 21.3. The molecule has 1 saturated carbocycles. The number of carbonyl (C=O) groups is 2. The van der Waals surface area contributed by atoms with Crippen LogP contribution >= 0.6 is 23.2 Å². The van der Waals surface area contributed by atoms with Crippen LogP contribution in [0.5, 0.6) is 0 Å². The lowest BCUT2D eigenvalue weighted by atomic mass is 9.95. The first-order valence-corrected chi connectivity index (χ1v) is 12.6. The highest BCUT2D eigenvalue weighted by Crippen LogP contribution is 2.25. The highest BCUT2D eigenvalue weighted by Gasteiger charge is 2.30. The van der Waals surface area contributed by atoms with Crippen LogP contribution in [0.1, 0.15) is 67.7 Å². The van der Waals surface area contributed by atoms with Gasteiger partial charge in [-0.3, -0.25) is 9.59 Å². The summed E-state index contributed by atoms with van der Waals surface area (Å²) in [5.74, 6) is -0.169. The predicted octanol–water partition coefficient (Wildman–Crippen LogP) is 6.41. The Labute approximate surface area is 207 Å². The summed E-state index contributed by atoms with van der Waals surface area (Å²) in [7, 11) is 0. The van der Waals surface area contributed by atoms with Gasteiger partial charge in [-0.05, 0) is 67.5 Å². The lowest BCUT2D eigenvalue weighted by Gasteiger charge is -2.33. The third-order valence-electron chi connectivity index (χ3n) is 6.62. The van der Waals surface area contributed by atoms with Gasteiger partial charge in [0.1, 0.15) is 6.04 Å². The summed E-state index contributed by atoms with van der Waals surface area (Å²) in [6.45, 7) is 6.31. The molecule has 1 fully saturated rings. The number of hydrogen-bond donors (Lipinski definition) is 1. The van der Waals surface area contributed by atoms with E-state index in [0.29, 0.717) is 16.5 Å². The molecular weight excluding hydrogens is 455 g/mol. The Balaban J connectivity index is 1.85. The summed E-state index contributed by atoms with van der Waals surface area (Å²) >= 11 is 12.5. The van der Waals surface area contributed by atoms with Crippen molar-refractivity contribution in [3.05, 3.63) is 68.7 Å². The summed E-state index contributed by atoms with van der Waals surface area (Å²) < 4.78 is 0. The minimum Gasteiger partial charge on any atom is -0.352 e. The van der Waals surface area contributed by atoms with Crippen LogP contribution in [0, 0.1) is 13.8 Å². The summed E-state index contributed by atoms with van der Waals surface area (Å²) in [6, 6.07) is 11.0. The van der Waals surface area contributed by atoms with E-state index in [4.69, 9.17) is 23.2 Å². The van der Waals surface area contributed by atoms with E-state index in [0.717, 1.165) is 42.4 Å². The maximum absolute atomic E-state index is 13.6. The lowest BCUT2D eigenvalue weighted by Crippen LogP contribution is -2.52. The molecule has 0 aromatic heterocycles. The van der Waals surface area contributed by atoms with E-state index in [-0.39, 0.29) is 30.8 Å². The Morgan fingerprint density at radius 2 is 1.76 bits per heavy atom. The Kier molecular flexibility index (Phi) is 9.22. The molecule has 1 atom stereocenters. The fourth-order valence-electron chi connectivity index (χ4n) is 4.49. The number of carbonyl (C=O) groups excluding carboxylic acids is 2. The maximum atomic E-state index is 13.6. The SMILES string of the molecule is CCC(C(=O)NC1CCCCC1)N(Cc1ccc(Cl)cc1Cl)C(=O)Cc1ccc(C)c(C)c1. The second-order valence-corrected chi connectivity index (χ2v) is 9.96. The van der Waals surface area contributed by atoms with Gasteiger partial charge in [-0.15, -0.1) is 0 Å². The van der Waals surface area contributed by atoms with Crippen molar-refractivity contribution in [3.63, 3.8) is 0 Å². The van der Waals surface area contributed by atoms with Gasteiger partial charge in [0.25, 0.3) is 0 Å². The molecular formula is C27H34Cl2N2O2. The van der Waals surface area contributed by atoms with E-state index in [2.05, 4.69) is 12.2 Å². The van der Waals surface area contributed by atoms with Crippen molar-refractivity contribution in [2.45, 2.75) is 84.3 Å². The van der Waals surface area contributed by atoms with E-state index < -0.39 is 6.04 Å². The van der Waals surface area contributed by atoms with Gasteiger partial charge in [0.15, 0.2) is 0 Å². The van der Waals surface area contributed by atoms with Crippen LogP contribution in [0.25, 0.3) is 0 Å². The number of aryl methyl sites for hydroxylation is 2. The Morgan fingerprint density at radius 3 is 2.39 bits per heavy atom. The summed E-state index contributed by atoms with van der Waals surface area (Å²) in [4.78, 5) is 28.6. The third-order valence-corrected chi connectivity index (χ3v) is 7.21. The quantitative estimate of drug-likeness (QED) is 0.466. The second kappa shape index (κ2) is 11.9. The van der Waals surface area contributed by atoms with Crippen molar-refractivity contribution in [3.8, 4) is 0 Å². The van der Waals surface area contributed by atoms with Crippen LogP contribution in [-0.4, -0.2) is 28.8 Å². The van der Waals surface area contributed by atoms with E-state index in [1.54, 1.807) is 17.0 Å². The number of nitrogens with one attached hydrogen (secondary N) is 1. The molecule has 178 valence electrons. The van der Waals surface area contributed by atoms with E-state index in [9.17, 15) is 9.59 Å². The van der Waals surface area contributed by atoms with Crippen LogP contribution in [0.3, 0.4) is 0 Å². The standard InChI is InChI=1S/C27H34Cl2N2O2/c1-4-25(27(33)30-23-8-6-5-7-9-23)31(17-21-12-13-22(28)16-24(21)29)26(32)15-20-11-10-18(2)19(3)14-20/h10-14,16,23,25H,4-9,15,17H2,1-3H3,(H,30,33). The van der Waals surface area contributed by atoms with Crippen molar-refractivity contribution >= 4 is 35.0 Å². The molecule has 6 heteroatoms. The topological polar surface area (TPSA) is 49.4 Å². The lowest BCUT2D eigenvalue weighted by molar-refractivity contribution is -0.141. The number of hydrogen-bond acceptors (Lipinski definition) is 2. The molecule has 1 aliphatic rings. The molecule has 2 amide bonds. The molecule has 0 saturated heterocycles. The predicted molar refractivity (Wildman–Crippen MR) is 136 cm³/mol. The molecule has 33 heavy (non-hydrogen) atoms. The van der Waals surface area contributed by atoms with Gasteiger partial charge in [-0.1, -0.05) is 73.7 Å². The molecule has 0 heterocycles. The van der Waals surface area contributed by atoms with E-state index >= 15 is 0 Å². The number of benzene rings is 2. The highest BCUT2D eigenvalue weighted by molar-refractivity contribution is 6.35. The molecule has 0 radical (unpaired) electrons. The molecule has 0 aliphatic heterocycles. The molecule has 1 N–H and O–H groups in total. The van der Waals surface area contributed by atoms with Crippen molar-refractivity contribution < 1.29 is 9.59 Å². The highest BCUT2D eigenvalue weighted by atomic mass is 35.5. The number of halogens is 2. The number of amides is 2. The van der Waals surface area contributed by atoms with Crippen LogP contribution < -0.4 is 5.32 Å². The van der Waals surface area contributed by atoms with E-state index in [1.165, 1.54) is 12.0 Å². The average Bonchev–Trinajstić information content (AvgIpc) is 2.78.